The van der Waals surface area contributed by atoms with E-state index in [1.807, 2.05) is 48.8 Å². The first-order chi connectivity index (χ1) is 22.8. The number of nitrogens with zero attached hydrogens (tertiary/aromatic N) is 4. The summed E-state index contributed by atoms with van der Waals surface area (Å²) >= 11 is 0. The zero-order valence-corrected chi connectivity index (χ0v) is 25.0. The molecular formula is C42H28N4. The molecule has 4 nitrogen and oxygen atoms in total. The molecule has 0 saturated heterocycles. The lowest BCUT2D eigenvalue weighted by Gasteiger charge is -2.15. The van der Waals surface area contributed by atoms with E-state index in [1.165, 1.54) is 0 Å². The van der Waals surface area contributed by atoms with Crippen molar-refractivity contribution in [3.05, 3.63) is 170 Å². The first-order valence-corrected chi connectivity index (χ1v) is 15.3. The third-order valence-corrected chi connectivity index (χ3v) is 8.22. The Balaban J connectivity index is 1.38. The molecule has 0 unspecified atom stereocenters. The molecule has 4 heteroatoms. The summed E-state index contributed by atoms with van der Waals surface area (Å²) in [7, 11) is 0. The molecule has 0 atom stereocenters. The highest BCUT2D eigenvalue weighted by molar-refractivity contribution is 5.96. The largest absolute Gasteiger partial charge is 0.264 e. The topological polar surface area (TPSA) is 51.6 Å². The van der Waals surface area contributed by atoms with Gasteiger partial charge in [-0.25, -0.2) is 9.97 Å². The number of aromatic nitrogens is 4. The smallest absolute Gasteiger partial charge is 0.160 e. The minimum Gasteiger partial charge on any atom is -0.264 e. The molecule has 0 saturated carbocycles. The van der Waals surface area contributed by atoms with Gasteiger partial charge in [-0.05, 0) is 76.3 Å². The van der Waals surface area contributed by atoms with Gasteiger partial charge in [0.05, 0.1) is 16.9 Å². The van der Waals surface area contributed by atoms with Crippen molar-refractivity contribution < 1.29 is 0 Å². The second-order valence-corrected chi connectivity index (χ2v) is 11.2. The Labute approximate surface area is 267 Å². The maximum absolute atomic E-state index is 5.25. The molecule has 46 heavy (non-hydrogen) atoms. The Kier molecular flexibility index (Phi) is 7.14. The van der Waals surface area contributed by atoms with E-state index in [1.54, 1.807) is 6.20 Å². The van der Waals surface area contributed by atoms with Gasteiger partial charge in [-0.3, -0.25) is 9.97 Å². The number of benzene rings is 5. The van der Waals surface area contributed by atoms with Gasteiger partial charge in [0.1, 0.15) is 0 Å². The Morgan fingerprint density at radius 2 is 1.09 bits per heavy atom. The summed E-state index contributed by atoms with van der Waals surface area (Å²) in [6.45, 7) is 0. The lowest BCUT2D eigenvalue weighted by molar-refractivity contribution is 1.23. The van der Waals surface area contributed by atoms with Crippen molar-refractivity contribution in [1.29, 1.82) is 0 Å². The molecule has 3 heterocycles. The van der Waals surface area contributed by atoms with Crippen LogP contribution in [-0.2, 0) is 0 Å². The maximum Gasteiger partial charge on any atom is 0.160 e. The summed E-state index contributed by atoms with van der Waals surface area (Å²) in [5.74, 6) is 0.666. The number of fused-ring (bicyclic) bond motifs is 1. The van der Waals surface area contributed by atoms with Crippen LogP contribution in [0.5, 0.6) is 0 Å². The molecule has 216 valence electrons. The second kappa shape index (κ2) is 12.0. The van der Waals surface area contributed by atoms with E-state index in [0.29, 0.717) is 5.82 Å². The quantitative estimate of drug-likeness (QED) is 0.194. The van der Waals surface area contributed by atoms with Crippen molar-refractivity contribution in [1.82, 2.24) is 19.9 Å². The van der Waals surface area contributed by atoms with E-state index < -0.39 is 0 Å². The first kappa shape index (κ1) is 27.3. The molecule has 5 aromatic carbocycles. The average molecular weight is 589 g/mol. The predicted molar refractivity (Wildman–Crippen MR) is 188 cm³/mol. The molecule has 0 aliphatic carbocycles. The molecule has 0 aliphatic heterocycles. The molecule has 3 aromatic heterocycles. The standard InChI is InChI=1S/C42H28N4/c1-3-12-29(13-4-1)31-20-21-38-40(27-31)45-42(46-41(38)30-14-5-2-6-15-30)35-25-33(32-16-11-22-43-28-32)24-34(26-35)36-17-7-8-18-37(36)39-19-9-10-23-44-39/h1-28H. The first-order valence-electron chi connectivity index (χ1n) is 15.3. The summed E-state index contributed by atoms with van der Waals surface area (Å²) in [6.07, 6.45) is 5.53. The van der Waals surface area contributed by atoms with E-state index >= 15 is 0 Å². The van der Waals surface area contributed by atoms with Crippen LogP contribution in [0.1, 0.15) is 0 Å². The predicted octanol–water partition coefficient (Wildman–Crippen LogP) is 10.4. The van der Waals surface area contributed by atoms with Gasteiger partial charge in [-0.2, -0.15) is 0 Å². The SMILES string of the molecule is c1ccc(-c2ccc3c(-c4ccccc4)nc(-c4cc(-c5cccnc5)cc(-c5ccccc5-c5ccccn5)c4)nc3c2)cc1. The van der Waals surface area contributed by atoms with Gasteiger partial charge >= 0.3 is 0 Å². The van der Waals surface area contributed by atoms with Gasteiger partial charge < -0.3 is 0 Å². The van der Waals surface area contributed by atoms with E-state index in [4.69, 9.17) is 9.97 Å². The van der Waals surface area contributed by atoms with Gasteiger partial charge in [0.25, 0.3) is 0 Å². The van der Waals surface area contributed by atoms with Crippen LogP contribution >= 0.6 is 0 Å². The van der Waals surface area contributed by atoms with Gasteiger partial charge in [0.2, 0.25) is 0 Å². The molecule has 0 amide bonds. The molecule has 0 N–H and O–H groups in total. The van der Waals surface area contributed by atoms with E-state index in [0.717, 1.165) is 72.4 Å². The van der Waals surface area contributed by atoms with Crippen LogP contribution in [-0.4, -0.2) is 19.9 Å². The van der Waals surface area contributed by atoms with Crippen LogP contribution < -0.4 is 0 Å². The lowest BCUT2D eigenvalue weighted by Crippen LogP contribution is -1.97. The molecule has 8 rings (SSSR count). The van der Waals surface area contributed by atoms with Crippen molar-refractivity contribution in [3.8, 4) is 67.3 Å². The molecule has 0 aliphatic rings. The third-order valence-electron chi connectivity index (χ3n) is 8.22. The fourth-order valence-electron chi connectivity index (χ4n) is 5.98. The number of hydrogen-bond acceptors (Lipinski definition) is 4. The van der Waals surface area contributed by atoms with Gasteiger partial charge in [0, 0.05) is 46.2 Å². The van der Waals surface area contributed by atoms with Crippen LogP contribution in [0.4, 0.5) is 0 Å². The number of pyridine rings is 2. The minimum absolute atomic E-state index is 0.666. The molecule has 0 radical (unpaired) electrons. The van der Waals surface area contributed by atoms with Gasteiger partial charge in [-0.1, -0.05) is 103 Å². The van der Waals surface area contributed by atoms with Crippen molar-refractivity contribution in [2.75, 3.05) is 0 Å². The van der Waals surface area contributed by atoms with Gasteiger partial charge in [0.15, 0.2) is 5.82 Å². The van der Waals surface area contributed by atoms with Crippen molar-refractivity contribution in [2.24, 2.45) is 0 Å². The minimum atomic E-state index is 0.666. The normalized spacial score (nSPS) is 11.0. The van der Waals surface area contributed by atoms with Crippen molar-refractivity contribution >= 4 is 10.9 Å². The van der Waals surface area contributed by atoms with E-state index in [-0.39, 0.29) is 0 Å². The third kappa shape index (κ3) is 5.33. The summed E-state index contributed by atoms with van der Waals surface area (Å²) in [4.78, 5) is 19.6. The maximum atomic E-state index is 5.25. The van der Waals surface area contributed by atoms with Gasteiger partial charge in [-0.15, -0.1) is 0 Å². The molecular weight excluding hydrogens is 560 g/mol. The van der Waals surface area contributed by atoms with Crippen LogP contribution in [0.25, 0.3) is 78.2 Å². The molecule has 0 bridgehead atoms. The molecule has 0 fully saturated rings. The van der Waals surface area contributed by atoms with Crippen LogP contribution in [0.15, 0.2) is 170 Å². The monoisotopic (exact) mass is 588 g/mol. The Hall–Kier alpha value is -6.26. The van der Waals surface area contributed by atoms with Crippen molar-refractivity contribution in [3.63, 3.8) is 0 Å². The summed E-state index contributed by atoms with van der Waals surface area (Å²) in [5, 5.41) is 1.01. The fourth-order valence-corrected chi connectivity index (χ4v) is 5.98. The summed E-state index contributed by atoms with van der Waals surface area (Å²) in [6, 6.07) is 52.3. The number of hydrogen-bond donors (Lipinski definition) is 0. The molecule has 0 spiro atoms. The van der Waals surface area contributed by atoms with E-state index in [9.17, 15) is 0 Å². The summed E-state index contributed by atoms with van der Waals surface area (Å²) < 4.78 is 0. The zero-order valence-electron chi connectivity index (χ0n) is 25.0. The average Bonchev–Trinajstić information content (AvgIpc) is 3.15. The second-order valence-electron chi connectivity index (χ2n) is 11.2. The van der Waals surface area contributed by atoms with Crippen molar-refractivity contribution in [2.45, 2.75) is 0 Å². The van der Waals surface area contributed by atoms with E-state index in [2.05, 4.69) is 125 Å². The Bertz CT molecular complexity index is 2290. The van der Waals surface area contributed by atoms with Crippen LogP contribution in [0.3, 0.4) is 0 Å². The highest BCUT2D eigenvalue weighted by atomic mass is 14.9. The van der Waals surface area contributed by atoms with Crippen LogP contribution in [0, 0.1) is 0 Å². The Morgan fingerprint density at radius 3 is 1.85 bits per heavy atom. The fraction of sp³-hybridized carbons (Fsp3) is 0. The molecule has 8 aromatic rings. The highest BCUT2D eigenvalue weighted by Crippen LogP contribution is 2.38. The number of rotatable bonds is 6. The zero-order chi connectivity index (χ0) is 30.7. The Morgan fingerprint density at radius 1 is 0.391 bits per heavy atom. The van der Waals surface area contributed by atoms with Crippen LogP contribution in [0.2, 0.25) is 0 Å². The highest BCUT2D eigenvalue weighted by Gasteiger charge is 2.16. The lowest BCUT2D eigenvalue weighted by atomic mass is 9.92. The summed E-state index contributed by atoms with van der Waals surface area (Å²) in [5.41, 5.74) is 12.2.